The number of benzene rings is 1. The Hall–Kier alpha value is -1.88. The van der Waals surface area contributed by atoms with E-state index in [4.69, 9.17) is 11.6 Å². The molecule has 1 aliphatic rings. The molecule has 0 fully saturated rings. The number of halogens is 2. The largest absolute Gasteiger partial charge is 0.550 e. The van der Waals surface area contributed by atoms with Crippen molar-refractivity contribution in [1.29, 1.82) is 0 Å². The van der Waals surface area contributed by atoms with Crippen LogP contribution in [0.15, 0.2) is 30.4 Å². The van der Waals surface area contributed by atoms with Crippen molar-refractivity contribution in [3.8, 4) is 0 Å². The zero-order chi connectivity index (χ0) is 15.6. The van der Waals surface area contributed by atoms with E-state index in [2.05, 4.69) is 5.32 Å². The average molecular weight is 311 g/mol. The second kappa shape index (κ2) is 6.26. The van der Waals surface area contributed by atoms with Gasteiger partial charge in [-0.05, 0) is 30.5 Å². The molecule has 0 radical (unpaired) electrons. The quantitative estimate of drug-likeness (QED) is 0.868. The van der Waals surface area contributed by atoms with Gasteiger partial charge in [-0.1, -0.05) is 30.7 Å². The molecule has 0 bridgehead atoms. The highest BCUT2D eigenvalue weighted by molar-refractivity contribution is 6.30. The third-order valence-electron chi connectivity index (χ3n) is 3.62. The van der Waals surface area contributed by atoms with Crippen LogP contribution >= 0.6 is 11.6 Å². The van der Waals surface area contributed by atoms with Crippen LogP contribution in [0.2, 0.25) is 5.02 Å². The van der Waals surface area contributed by atoms with E-state index in [1.54, 1.807) is 19.1 Å². The summed E-state index contributed by atoms with van der Waals surface area (Å²) in [6.45, 7) is 1.74. The number of amides is 1. The maximum Gasteiger partial charge on any atom is 0.228 e. The Kier molecular flexibility index (Phi) is 4.63. The summed E-state index contributed by atoms with van der Waals surface area (Å²) in [5.41, 5.74) is -0.0248. The highest BCUT2D eigenvalue weighted by Gasteiger charge is 2.34. The molecule has 1 amide bonds. The Morgan fingerprint density at radius 1 is 1.43 bits per heavy atom. The van der Waals surface area contributed by atoms with E-state index in [0.29, 0.717) is 0 Å². The Morgan fingerprint density at radius 2 is 2.14 bits per heavy atom. The zero-order valence-corrected chi connectivity index (χ0v) is 12.1. The molecule has 3 atom stereocenters. The van der Waals surface area contributed by atoms with E-state index in [1.165, 1.54) is 12.1 Å². The minimum Gasteiger partial charge on any atom is -0.550 e. The molecule has 1 N–H and O–H groups in total. The molecule has 0 saturated carbocycles. The summed E-state index contributed by atoms with van der Waals surface area (Å²) in [7, 11) is 0. The van der Waals surface area contributed by atoms with E-state index >= 15 is 0 Å². The molecule has 0 heterocycles. The number of hydrogen-bond donors (Lipinski definition) is 1. The van der Waals surface area contributed by atoms with Gasteiger partial charge in [0.25, 0.3) is 0 Å². The van der Waals surface area contributed by atoms with Gasteiger partial charge in [-0.25, -0.2) is 4.39 Å². The Balaban J connectivity index is 2.21. The molecule has 0 spiro atoms. The minimum absolute atomic E-state index is 0.0248. The molecular weight excluding hydrogens is 297 g/mol. The lowest BCUT2D eigenvalue weighted by Crippen LogP contribution is -2.44. The molecule has 0 aliphatic heterocycles. The first-order valence-electron chi connectivity index (χ1n) is 6.53. The summed E-state index contributed by atoms with van der Waals surface area (Å²) in [4.78, 5) is 23.5. The normalized spacial score (nSPS) is 24.6. The predicted octanol–water partition coefficient (Wildman–Crippen LogP) is 2.00. The van der Waals surface area contributed by atoms with Gasteiger partial charge in [0.05, 0.1) is 11.6 Å². The summed E-state index contributed by atoms with van der Waals surface area (Å²) in [5.74, 6) is -4.46. The fourth-order valence-corrected chi connectivity index (χ4v) is 2.70. The second-order valence-electron chi connectivity index (χ2n) is 5.09. The maximum atomic E-state index is 13.7. The molecule has 1 aromatic carbocycles. The van der Waals surface area contributed by atoms with Gasteiger partial charge in [-0.15, -0.1) is 0 Å². The summed E-state index contributed by atoms with van der Waals surface area (Å²) in [5, 5.41) is 13.8. The van der Waals surface area contributed by atoms with Crippen molar-refractivity contribution in [2.75, 3.05) is 5.32 Å². The topological polar surface area (TPSA) is 69.2 Å². The van der Waals surface area contributed by atoms with Crippen molar-refractivity contribution in [1.82, 2.24) is 0 Å². The Bertz CT molecular complexity index is 603. The van der Waals surface area contributed by atoms with Gasteiger partial charge in [-0.3, -0.25) is 4.79 Å². The van der Waals surface area contributed by atoms with Crippen LogP contribution < -0.4 is 10.4 Å². The van der Waals surface area contributed by atoms with Gasteiger partial charge >= 0.3 is 0 Å². The number of nitrogens with one attached hydrogen (secondary N) is 1. The summed E-state index contributed by atoms with van der Waals surface area (Å²) < 4.78 is 13.7. The van der Waals surface area contributed by atoms with Crippen LogP contribution in [0.1, 0.15) is 13.3 Å². The second-order valence-corrected chi connectivity index (χ2v) is 5.52. The monoisotopic (exact) mass is 310 g/mol. The van der Waals surface area contributed by atoms with Crippen molar-refractivity contribution in [2.45, 2.75) is 13.3 Å². The molecule has 2 rings (SSSR count). The predicted molar refractivity (Wildman–Crippen MR) is 74.9 cm³/mol. The van der Waals surface area contributed by atoms with Crippen LogP contribution in [-0.4, -0.2) is 11.9 Å². The smallest absolute Gasteiger partial charge is 0.228 e. The number of allylic oxidation sites excluding steroid dienone is 2. The lowest BCUT2D eigenvalue weighted by Gasteiger charge is -2.32. The number of anilines is 1. The van der Waals surface area contributed by atoms with E-state index in [9.17, 15) is 19.1 Å². The fourth-order valence-electron chi connectivity index (χ4n) is 2.54. The van der Waals surface area contributed by atoms with E-state index in [-0.39, 0.29) is 23.0 Å². The van der Waals surface area contributed by atoms with Gasteiger partial charge in [0.1, 0.15) is 5.82 Å². The fraction of sp³-hybridized carbons (Fsp3) is 0.333. The molecule has 3 unspecified atom stereocenters. The van der Waals surface area contributed by atoms with Crippen LogP contribution in [0.25, 0.3) is 0 Å². The third kappa shape index (κ3) is 3.42. The Morgan fingerprint density at radius 3 is 2.76 bits per heavy atom. The number of rotatable bonds is 3. The molecule has 112 valence electrons. The molecule has 21 heavy (non-hydrogen) atoms. The molecule has 6 heteroatoms. The van der Waals surface area contributed by atoms with E-state index < -0.39 is 29.5 Å². The van der Waals surface area contributed by atoms with E-state index in [1.807, 2.05) is 0 Å². The first-order valence-corrected chi connectivity index (χ1v) is 6.91. The first-order chi connectivity index (χ1) is 9.90. The van der Waals surface area contributed by atoms with Crippen LogP contribution in [0.4, 0.5) is 10.1 Å². The van der Waals surface area contributed by atoms with Crippen molar-refractivity contribution >= 4 is 29.2 Å². The molecule has 4 nitrogen and oxygen atoms in total. The molecule has 1 aromatic rings. The summed E-state index contributed by atoms with van der Waals surface area (Å²) in [6, 6.07) is 3.87. The van der Waals surface area contributed by atoms with Crippen LogP contribution in [0.3, 0.4) is 0 Å². The SMILES string of the molecule is CC1C=CCC(C(=O)[O-])C1C(=O)Nc1ccc(Cl)cc1F. The van der Waals surface area contributed by atoms with Gasteiger partial charge in [0.15, 0.2) is 0 Å². The highest BCUT2D eigenvalue weighted by Crippen LogP contribution is 2.31. The van der Waals surface area contributed by atoms with Crippen molar-refractivity contribution in [3.05, 3.63) is 41.2 Å². The number of hydrogen-bond acceptors (Lipinski definition) is 3. The molecule has 0 saturated heterocycles. The lowest BCUT2D eigenvalue weighted by atomic mass is 9.76. The third-order valence-corrected chi connectivity index (χ3v) is 3.86. The lowest BCUT2D eigenvalue weighted by molar-refractivity contribution is -0.313. The van der Waals surface area contributed by atoms with Gasteiger partial charge in [-0.2, -0.15) is 0 Å². The first kappa shape index (κ1) is 15.5. The van der Waals surface area contributed by atoms with Crippen molar-refractivity contribution in [2.24, 2.45) is 17.8 Å². The molecule has 1 aliphatic carbocycles. The maximum absolute atomic E-state index is 13.7. The molecular formula is C15H14ClFNO3-. The van der Waals surface area contributed by atoms with Crippen molar-refractivity contribution < 1.29 is 19.1 Å². The highest BCUT2D eigenvalue weighted by atomic mass is 35.5. The van der Waals surface area contributed by atoms with Crippen LogP contribution in [0, 0.1) is 23.6 Å². The molecule has 0 aromatic heterocycles. The average Bonchev–Trinajstić information content (AvgIpc) is 2.41. The zero-order valence-electron chi connectivity index (χ0n) is 11.3. The summed E-state index contributed by atoms with van der Waals surface area (Å²) in [6.07, 6.45) is 3.73. The number of carbonyl (C=O) groups is 2. The number of carboxylic acid groups (broad SMARTS) is 1. The number of aliphatic carboxylic acids is 1. The van der Waals surface area contributed by atoms with Gasteiger partial charge in [0.2, 0.25) is 5.91 Å². The van der Waals surface area contributed by atoms with Crippen LogP contribution in [0.5, 0.6) is 0 Å². The summed E-state index contributed by atoms with van der Waals surface area (Å²) >= 11 is 5.64. The number of carboxylic acids is 1. The Labute approximate surface area is 126 Å². The standard InChI is InChI=1S/C15H15ClFNO3/c1-8-3-2-4-10(15(20)21)13(8)14(19)18-12-6-5-9(16)7-11(12)17/h2-3,5-8,10,13H,4H2,1H3,(H,18,19)(H,20,21)/p-1. The van der Waals surface area contributed by atoms with E-state index in [0.717, 1.165) is 6.07 Å². The van der Waals surface area contributed by atoms with Crippen molar-refractivity contribution in [3.63, 3.8) is 0 Å². The van der Waals surface area contributed by atoms with Crippen LogP contribution in [-0.2, 0) is 9.59 Å². The van der Waals surface area contributed by atoms with Gasteiger partial charge in [0, 0.05) is 16.9 Å². The number of carbonyl (C=O) groups excluding carboxylic acids is 2. The minimum atomic E-state index is -1.28. The van der Waals surface area contributed by atoms with Gasteiger partial charge < -0.3 is 15.2 Å².